The second-order valence-corrected chi connectivity index (χ2v) is 9.74. The van der Waals surface area contributed by atoms with Gasteiger partial charge in [0.05, 0.1) is 21.7 Å². The first kappa shape index (κ1) is 24.2. The van der Waals surface area contributed by atoms with Crippen molar-refractivity contribution in [3.8, 4) is 0 Å². The highest BCUT2D eigenvalue weighted by atomic mass is 32.2. The minimum absolute atomic E-state index is 0.0762. The number of amides is 1. The normalized spacial score (nSPS) is 12.8. The third-order valence-corrected chi connectivity index (χ3v) is 7.95. The Bertz CT molecular complexity index is 1300. The third kappa shape index (κ3) is 4.80. The molecule has 0 atom stereocenters. The number of aromatic nitrogens is 1. The zero-order valence-electron chi connectivity index (χ0n) is 17.8. The molecule has 7 nitrogen and oxygen atoms in total. The summed E-state index contributed by atoms with van der Waals surface area (Å²) in [6.45, 7) is 4.61. The highest BCUT2D eigenvalue weighted by Crippen LogP contribution is 2.22. The van der Waals surface area contributed by atoms with E-state index in [1.807, 2.05) is 0 Å². The maximum absolute atomic E-state index is 14.4. The molecule has 3 aromatic rings. The number of fused-ring (bicyclic) bond motifs is 1. The Morgan fingerprint density at radius 2 is 1.81 bits per heavy atom. The average Bonchev–Trinajstić information content (AvgIpc) is 3.09. The van der Waals surface area contributed by atoms with E-state index in [0.29, 0.717) is 17.8 Å². The Morgan fingerprint density at radius 3 is 2.41 bits per heavy atom. The van der Waals surface area contributed by atoms with Gasteiger partial charge in [0.2, 0.25) is 10.0 Å². The van der Waals surface area contributed by atoms with Crippen molar-refractivity contribution in [2.75, 3.05) is 26.8 Å². The molecule has 0 saturated carbocycles. The number of hydrogen-bond acceptors (Lipinski definition) is 5. The van der Waals surface area contributed by atoms with Crippen molar-refractivity contribution >= 4 is 37.5 Å². The monoisotopic (exact) mass is 483 g/mol. The van der Waals surface area contributed by atoms with Crippen LogP contribution in [0.2, 0.25) is 0 Å². The van der Waals surface area contributed by atoms with E-state index in [-0.39, 0.29) is 33.9 Å². The van der Waals surface area contributed by atoms with Gasteiger partial charge in [-0.3, -0.25) is 4.79 Å². The molecule has 0 spiro atoms. The first-order valence-electron chi connectivity index (χ1n) is 9.89. The van der Waals surface area contributed by atoms with Gasteiger partial charge in [-0.2, -0.15) is 9.30 Å². The fourth-order valence-electron chi connectivity index (χ4n) is 3.24. The number of hydrogen-bond donors (Lipinski definition) is 0. The number of thiazole rings is 1. The van der Waals surface area contributed by atoms with E-state index in [1.165, 1.54) is 46.3 Å². The molecule has 1 amide bonds. The molecule has 0 unspecified atom stereocenters. The molecule has 32 heavy (non-hydrogen) atoms. The van der Waals surface area contributed by atoms with E-state index in [4.69, 9.17) is 4.74 Å². The van der Waals surface area contributed by atoms with Gasteiger partial charge >= 0.3 is 0 Å². The number of sulfonamides is 1. The molecule has 0 fully saturated rings. The lowest BCUT2D eigenvalue weighted by Crippen LogP contribution is -2.30. The van der Waals surface area contributed by atoms with Crippen molar-refractivity contribution in [1.29, 1.82) is 0 Å². The minimum Gasteiger partial charge on any atom is -0.383 e. The molecule has 1 heterocycles. The molecule has 11 heteroatoms. The van der Waals surface area contributed by atoms with E-state index in [9.17, 15) is 22.0 Å². The molecule has 172 valence electrons. The number of ether oxygens (including phenoxy) is 1. The SMILES string of the molecule is CCN(CC)S(=O)(=O)c1ccc(C(=O)N=c2sc3cc(F)cc(F)c3n2CCOC)cc1. The molecule has 0 saturated heterocycles. The summed E-state index contributed by atoms with van der Waals surface area (Å²) in [6.07, 6.45) is 0. The summed E-state index contributed by atoms with van der Waals surface area (Å²) < 4.78 is 61.4. The maximum atomic E-state index is 14.4. The average molecular weight is 484 g/mol. The molecule has 2 aromatic carbocycles. The molecule has 0 aliphatic heterocycles. The molecule has 0 radical (unpaired) electrons. The zero-order valence-corrected chi connectivity index (χ0v) is 19.5. The topological polar surface area (TPSA) is 81.0 Å². The molecule has 0 bridgehead atoms. The van der Waals surface area contributed by atoms with Crippen molar-refractivity contribution in [1.82, 2.24) is 8.87 Å². The Morgan fingerprint density at radius 1 is 1.16 bits per heavy atom. The van der Waals surface area contributed by atoms with Gasteiger partial charge in [-0.05, 0) is 30.3 Å². The number of rotatable bonds is 8. The summed E-state index contributed by atoms with van der Waals surface area (Å²) in [5.74, 6) is -2.11. The number of benzene rings is 2. The lowest BCUT2D eigenvalue weighted by molar-refractivity contribution is 0.0997. The van der Waals surface area contributed by atoms with Crippen LogP contribution in [0.25, 0.3) is 10.2 Å². The van der Waals surface area contributed by atoms with Crippen molar-refractivity contribution in [2.45, 2.75) is 25.3 Å². The van der Waals surface area contributed by atoms with Gasteiger partial charge < -0.3 is 9.30 Å². The fourth-order valence-corrected chi connectivity index (χ4v) is 5.79. The molecule has 0 N–H and O–H groups in total. The van der Waals surface area contributed by atoms with Crippen LogP contribution in [0.4, 0.5) is 8.78 Å². The van der Waals surface area contributed by atoms with Crippen LogP contribution in [-0.2, 0) is 21.3 Å². The van der Waals surface area contributed by atoms with E-state index in [1.54, 1.807) is 13.8 Å². The van der Waals surface area contributed by atoms with Crippen LogP contribution in [0.5, 0.6) is 0 Å². The van der Waals surface area contributed by atoms with E-state index < -0.39 is 27.6 Å². The van der Waals surface area contributed by atoms with Crippen molar-refractivity contribution in [2.24, 2.45) is 4.99 Å². The van der Waals surface area contributed by atoms with Gasteiger partial charge in [-0.1, -0.05) is 25.2 Å². The Labute approximate surface area is 188 Å². The Hall–Kier alpha value is -2.47. The number of methoxy groups -OCH3 is 1. The van der Waals surface area contributed by atoms with Gasteiger partial charge in [0.15, 0.2) is 10.6 Å². The quantitative estimate of drug-likeness (QED) is 0.492. The minimum atomic E-state index is -3.65. The van der Waals surface area contributed by atoms with Gasteiger partial charge in [-0.25, -0.2) is 17.2 Å². The van der Waals surface area contributed by atoms with Crippen LogP contribution in [0.1, 0.15) is 24.2 Å². The lowest BCUT2D eigenvalue weighted by atomic mass is 10.2. The lowest BCUT2D eigenvalue weighted by Gasteiger charge is -2.18. The summed E-state index contributed by atoms with van der Waals surface area (Å²) in [4.78, 5) is 17.1. The largest absolute Gasteiger partial charge is 0.383 e. The van der Waals surface area contributed by atoms with Crippen molar-refractivity contribution in [3.05, 3.63) is 58.4 Å². The molecule has 0 aliphatic carbocycles. The first-order chi connectivity index (χ1) is 15.2. The van der Waals surface area contributed by atoms with Crippen molar-refractivity contribution in [3.63, 3.8) is 0 Å². The number of halogens is 2. The summed E-state index contributed by atoms with van der Waals surface area (Å²) in [5, 5.41) is 0. The van der Waals surface area contributed by atoms with Crippen LogP contribution >= 0.6 is 11.3 Å². The summed E-state index contributed by atoms with van der Waals surface area (Å²) in [6, 6.07) is 7.44. The predicted octanol–water partition coefficient (Wildman–Crippen LogP) is 3.40. The van der Waals surface area contributed by atoms with Gasteiger partial charge in [0.25, 0.3) is 5.91 Å². The van der Waals surface area contributed by atoms with Gasteiger partial charge in [0.1, 0.15) is 5.82 Å². The zero-order chi connectivity index (χ0) is 23.5. The van der Waals surface area contributed by atoms with Crippen LogP contribution in [-0.4, -0.2) is 50.0 Å². The third-order valence-electron chi connectivity index (χ3n) is 4.86. The molecular weight excluding hydrogens is 460 g/mol. The summed E-state index contributed by atoms with van der Waals surface area (Å²) in [7, 11) is -2.16. The smallest absolute Gasteiger partial charge is 0.279 e. The van der Waals surface area contributed by atoms with E-state index in [0.717, 1.165) is 17.4 Å². The van der Waals surface area contributed by atoms with Crippen molar-refractivity contribution < 1.29 is 26.7 Å². The Balaban J connectivity index is 2.02. The molecule has 3 rings (SSSR count). The number of carbonyl (C=O) groups is 1. The maximum Gasteiger partial charge on any atom is 0.279 e. The molecule has 1 aromatic heterocycles. The van der Waals surface area contributed by atoms with E-state index >= 15 is 0 Å². The number of nitrogens with zero attached hydrogens (tertiary/aromatic N) is 3. The summed E-state index contributed by atoms with van der Waals surface area (Å²) >= 11 is 0.980. The molecule has 0 aliphatic rings. The summed E-state index contributed by atoms with van der Waals surface area (Å²) in [5.41, 5.74) is 0.312. The number of carbonyl (C=O) groups excluding carboxylic acids is 1. The van der Waals surface area contributed by atoms with Crippen LogP contribution in [0.3, 0.4) is 0 Å². The first-order valence-corrected chi connectivity index (χ1v) is 12.1. The van der Waals surface area contributed by atoms with E-state index in [2.05, 4.69) is 4.99 Å². The predicted molar refractivity (Wildman–Crippen MR) is 118 cm³/mol. The second kappa shape index (κ2) is 9.99. The fraction of sp³-hybridized carbons (Fsp3) is 0.333. The van der Waals surface area contributed by atoms with Gasteiger partial charge in [-0.15, -0.1) is 0 Å². The van der Waals surface area contributed by atoms with Gasteiger partial charge in [0, 0.05) is 38.4 Å². The van der Waals surface area contributed by atoms with Crippen LogP contribution in [0, 0.1) is 11.6 Å². The highest BCUT2D eigenvalue weighted by molar-refractivity contribution is 7.89. The van der Waals surface area contributed by atoms with Crippen LogP contribution < -0.4 is 4.80 Å². The highest BCUT2D eigenvalue weighted by Gasteiger charge is 2.22. The van der Waals surface area contributed by atoms with Crippen LogP contribution in [0.15, 0.2) is 46.3 Å². The molecular formula is C21H23F2N3O4S2. The second-order valence-electron chi connectivity index (χ2n) is 6.79. The standard InChI is InChI=1S/C21H23F2N3O4S2/c1-4-25(5-2)32(28,29)16-8-6-14(7-9-16)20(27)24-21-26(10-11-30-3)19-17(23)12-15(22)13-18(19)31-21/h6-9,12-13H,4-5,10-11H2,1-3H3. The Kier molecular flexibility index (Phi) is 7.55.